The number of aryl methyl sites for hydroxylation is 1. The molecule has 1 atom stereocenters. The third-order valence-corrected chi connectivity index (χ3v) is 6.09. The standard InChI is InChI=1S/C23H28FN7O3/c1-4-25-16-7-23(34-11-16)12-31(13-23)22-26-8-17(21(29-22)33-5-2)20(32)28-15-6-18(24)19-27-14(3)9-30(19)10-15/h6,8-10,16,25H,4-5,7,11-13H2,1-3H3,(H,28,32). The Morgan fingerprint density at radius 2 is 2.15 bits per heavy atom. The maximum Gasteiger partial charge on any atom is 0.262 e. The number of carbonyl (C=O) groups is 1. The van der Waals surface area contributed by atoms with Crippen molar-refractivity contribution in [3.05, 3.63) is 41.7 Å². The molecule has 2 fully saturated rings. The van der Waals surface area contributed by atoms with Gasteiger partial charge in [0.05, 0.1) is 37.7 Å². The maximum absolute atomic E-state index is 14.4. The number of aromatic nitrogens is 4. The summed E-state index contributed by atoms with van der Waals surface area (Å²) in [7, 11) is 0. The van der Waals surface area contributed by atoms with E-state index in [1.54, 1.807) is 19.3 Å². The largest absolute Gasteiger partial charge is 0.477 e. The van der Waals surface area contributed by atoms with Crippen molar-refractivity contribution in [1.29, 1.82) is 0 Å². The topological polar surface area (TPSA) is 106 Å². The molecule has 2 aliphatic heterocycles. The summed E-state index contributed by atoms with van der Waals surface area (Å²) in [5, 5.41) is 6.14. The zero-order valence-corrected chi connectivity index (χ0v) is 19.5. The number of pyridine rings is 1. The molecule has 1 unspecified atom stereocenters. The number of rotatable bonds is 7. The van der Waals surface area contributed by atoms with Crippen LogP contribution in [0.1, 0.15) is 36.3 Å². The van der Waals surface area contributed by atoms with Gasteiger partial charge in [0.15, 0.2) is 11.5 Å². The molecular formula is C23H28FN7O3. The molecule has 2 N–H and O–H groups in total. The molecule has 5 heterocycles. The van der Waals surface area contributed by atoms with Crippen molar-refractivity contribution in [2.24, 2.45) is 0 Å². The summed E-state index contributed by atoms with van der Waals surface area (Å²) in [4.78, 5) is 28.0. The van der Waals surface area contributed by atoms with Crippen molar-refractivity contribution in [3.8, 4) is 5.88 Å². The Kier molecular flexibility index (Phi) is 5.82. The van der Waals surface area contributed by atoms with Gasteiger partial charge in [-0.1, -0.05) is 6.92 Å². The quantitative estimate of drug-likeness (QED) is 0.543. The minimum absolute atomic E-state index is 0.174. The normalized spacial score (nSPS) is 18.9. The van der Waals surface area contributed by atoms with Gasteiger partial charge in [-0.15, -0.1) is 0 Å². The van der Waals surface area contributed by atoms with E-state index in [4.69, 9.17) is 9.47 Å². The van der Waals surface area contributed by atoms with E-state index in [9.17, 15) is 9.18 Å². The number of amides is 1. The number of ether oxygens (including phenoxy) is 2. The number of likely N-dealkylation sites (N-methyl/N-ethyl adjacent to an activating group) is 1. The summed E-state index contributed by atoms with van der Waals surface area (Å²) in [6, 6.07) is 1.60. The summed E-state index contributed by atoms with van der Waals surface area (Å²) in [5.74, 6) is -0.343. The number of nitrogens with one attached hydrogen (secondary N) is 2. The number of nitrogens with zero attached hydrogens (tertiary/aromatic N) is 5. The highest BCUT2D eigenvalue weighted by atomic mass is 19.1. The van der Waals surface area contributed by atoms with Crippen LogP contribution in [0.4, 0.5) is 16.0 Å². The monoisotopic (exact) mass is 469 g/mol. The fraction of sp³-hybridized carbons (Fsp3) is 0.478. The highest BCUT2D eigenvalue weighted by molar-refractivity contribution is 6.05. The lowest BCUT2D eigenvalue weighted by atomic mass is 9.90. The minimum atomic E-state index is -0.528. The first-order valence-electron chi connectivity index (χ1n) is 11.5. The van der Waals surface area contributed by atoms with Gasteiger partial charge < -0.3 is 29.4 Å². The van der Waals surface area contributed by atoms with Crippen molar-refractivity contribution in [1.82, 2.24) is 24.7 Å². The second-order valence-corrected chi connectivity index (χ2v) is 8.77. The molecule has 0 aliphatic carbocycles. The van der Waals surface area contributed by atoms with E-state index in [0.717, 1.165) is 13.0 Å². The second kappa shape index (κ2) is 8.80. The summed E-state index contributed by atoms with van der Waals surface area (Å²) in [5.41, 5.74) is 1.17. The van der Waals surface area contributed by atoms with E-state index in [1.165, 1.54) is 16.7 Å². The average molecular weight is 470 g/mol. The number of anilines is 2. The lowest BCUT2D eigenvalue weighted by molar-refractivity contribution is -0.0192. The zero-order chi connectivity index (χ0) is 23.9. The molecule has 0 aromatic carbocycles. The SMILES string of the molecule is CCNC1COC2(C1)CN(c1ncc(C(=O)Nc3cc(F)c4nc(C)cn4c3)c(OCC)n1)C2. The van der Waals surface area contributed by atoms with Crippen LogP contribution in [0.2, 0.25) is 0 Å². The lowest BCUT2D eigenvalue weighted by Crippen LogP contribution is -2.62. The number of hydrogen-bond donors (Lipinski definition) is 2. The van der Waals surface area contributed by atoms with Gasteiger partial charge in [0.25, 0.3) is 5.91 Å². The molecule has 1 amide bonds. The van der Waals surface area contributed by atoms with Gasteiger partial charge in [0, 0.05) is 30.7 Å². The molecule has 3 aromatic heterocycles. The molecule has 11 heteroatoms. The summed E-state index contributed by atoms with van der Waals surface area (Å²) in [6.45, 7) is 9.02. The predicted molar refractivity (Wildman–Crippen MR) is 124 cm³/mol. The number of fused-ring (bicyclic) bond motifs is 1. The highest BCUT2D eigenvalue weighted by Gasteiger charge is 2.50. The van der Waals surface area contributed by atoms with Crippen LogP contribution in [-0.2, 0) is 4.74 Å². The Labute approximate surface area is 196 Å². The Hall–Kier alpha value is -3.31. The Bertz CT molecular complexity index is 1220. The molecule has 34 heavy (non-hydrogen) atoms. The molecule has 10 nitrogen and oxygen atoms in total. The van der Waals surface area contributed by atoms with Crippen molar-refractivity contribution in [2.75, 3.05) is 43.1 Å². The second-order valence-electron chi connectivity index (χ2n) is 8.77. The van der Waals surface area contributed by atoms with E-state index in [1.807, 2.05) is 11.8 Å². The van der Waals surface area contributed by atoms with Crippen LogP contribution in [-0.4, -0.2) is 69.8 Å². The van der Waals surface area contributed by atoms with Crippen molar-refractivity contribution >= 4 is 23.2 Å². The van der Waals surface area contributed by atoms with Crippen LogP contribution in [0.3, 0.4) is 0 Å². The number of imidazole rings is 1. The Morgan fingerprint density at radius 1 is 1.32 bits per heavy atom. The van der Waals surface area contributed by atoms with Crippen LogP contribution in [0.5, 0.6) is 5.88 Å². The first-order chi connectivity index (χ1) is 16.4. The van der Waals surface area contributed by atoms with Gasteiger partial charge in [0.1, 0.15) is 11.2 Å². The van der Waals surface area contributed by atoms with E-state index >= 15 is 0 Å². The van der Waals surface area contributed by atoms with Gasteiger partial charge in [-0.25, -0.2) is 14.4 Å². The average Bonchev–Trinajstić information content (AvgIpc) is 3.37. The fourth-order valence-electron chi connectivity index (χ4n) is 4.63. The molecule has 180 valence electrons. The molecule has 0 saturated carbocycles. The zero-order valence-electron chi connectivity index (χ0n) is 19.5. The predicted octanol–water partition coefficient (Wildman–Crippen LogP) is 2.18. The number of hydrogen-bond acceptors (Lipinski definition) is 8. The lowest BCUT2D eigenvalue weighted by Gasteiger charge is -2.47. The molecule has 0 bridgehead atoms. The van der Waals surface area contributed by atoms with Crippen molar-refractivity contribution in [3.63, 3.8) is 0 Å². The smallest absolute Gasteiger partial charge is 0.262 e. The molecule has 0 radical (unpaired) electrons. The molecule has 2 saturated heterocycles. The van der Waals surface area contributed by atoms with Gasteiger partial charge in [-0.3, -0.25) is 4.79 Å². The first-order valence-corrected chi connectivity index (χ1v) is 11.5. The van der Waals surface area contributed by atoms with Crippen LogP contribution in [0, 0.1) is 12.7 Å². The van der Waals surface area contributed by atoms with Crippen LogP contribution in [0.25, 0.3) is 5.65 Å². The third kappa shape index (κ3) is 4.16. The number of carbonyl (C=O) groups excluding carboxylic acids is 1. The third-order valence-electron chi connectivity index (χ3n) is 6.09. The van der Waals surface area contributed by atoms with Crippen LogP contribution < -0.4 is 20.3 Å². The Balaban J connectivity index is 1.31. The van der Waals surface area contributed by atoms with Gasteiger partial charge in [-0.2, -0.15) is 4.98 Å². The Morgan fingerprint density at radius 3 is 2.91 bits per heavy atom. The molecule has 2 aliphatic rings. The maximum atomic E-state index is 14.4. The fourth-order valence-corrected chi connectivity index (χ4v) is 4.63. The van der Waals surface area contributed by atoms with Crippen molar-refractivity contribution < 1.29 is 18.7 Å². The highest BCUT2D eigenvalue weighted by Crippen LogP contribution is 2.37. The van der Waals surface area contributed by atoms with Crippen LogP contribution in [0.15, 0.2) is 24.7 Å². The van der Waals surface area contributed by atoms with Crippen molar-refractivity contribution in [2.45, 2.75) is 38.8 Å². The van der Waals surface area contributed by atoms with E-state index in [0.29, 0.717) is 44.0 Å². The van der Waals surface area contributed by atoms with Gasteiger partial charge in [-0.05, 0) is 26.8 Å². The van der Waals surface area contributed by atoms with E-state index in [-0.39, 0.29) is 28.4 Å². The van der Waals surface area contributed by atoms with E-state index in [2.05, 4.69) is 32.5 Å². The molecular weight excluding hydrogens is 441 g/mol. The van der Waals surface area contributed by atoms with E-state index < -0.39 is 11.7 Å². The van der Waals surface area contributed by atoms with Crippen LogP contribution >= 0.6 is 0 Å². The first kappa shape index (κ1) is 22.5. The molecule has 3 aromatic rings. The minimum Gasteiger partial charge on any atom is -0.477 e. The summed E-state index contributed by atoms with van der Waals surface area (Å²) >= 11 is 0. The number of halogens is 1. The molecule has 5 rings (SSSR count). The van der Waals surface area contributed by atoms with Gasteiger partial charge in [0.2, 0.25) is 11.8 Å². The summed E-state index contributed by atoms with van der Waals surface area (Å²) < 4.78 is 27.6. The summed E-state index contributed by atoms with van der Waals surface area (Å²) in [6.07, 6.45) is 5.69. The van der Waals surface area contributed by atoms with Gasteiger partial charge >= 0.3 is 0 Å². The molecule has 1 spiro atoms.